The van der Waals surface area contributed by atoms with Crippen molar-refractivity contribution < 1.29 is 42.1 Å². The molecule has 1 aromatic carbocycles. The lowest BCUT2D eigenvalue weighted by molar-refractivity contribution is -0.139. The van der Waals surface area contributed by atoms with Crippen LogP contribution in [-0.4, -0.2) is 52.4 Å². The Morgan fingerprint density at radius 3 is 2.33 bits per heavy atom. The number of rotatable bonds is 10. The van der Waals surface area contributed by atoms with E-state index in [0.717, 1.165) is 49.1 Å². The van der Waals surface area contributed by atoms with E-state index >= 15 is 0 Å². The van der Waals surface area contributed by atoms with Gasteiger partial charge in [-0.1, -0.05) is 39.0 Å². The summed E-state index contributed by atoms with van der Waals surface area (Å²) in [5, 5.41) is 9.51. The summed E-state index contributed by atoms with van der Waals surface area (Å²) in [6.07, 6.45) is -0.437. The Morgan fingerprint density at radius 2 is 1.72 bits per heavy atom. The summed E-state index contributed by atoms with van der Waals surface area (Å²) in [4.78, 5) is 37.7. The minimum Gasteiger partial charge on any atom is -0.493 e. The van der Waals surface area contributed by atoms with Gasteiger partial charge in [-0.3, -0.25) is 25.3 Å². The first-order valence-electron chi connectivity index (χ1n) is 11.9. The summed E-state index contributed by atoms with van der Waals surface area (Å²) in [6.45, 7) is 6.18. The average Bonchev–Trinajstić information content (AvgIpc) is 3.05. The van der Waals surface area contributed by atoms with Gasteiger partial charge in [0.05, 0.1) is 18.8 Å². The molecule has 202 valence electrons. The van der Waals surface area contributed by atoms with Crippen LogP contribution >= 0.6 is 0 Å². The van der Waals surface area contributed by atoms with E-state index in [1.54, 1.807) is 0 Å². The molecule has 1 aliphatic heterocycles. The molecular weight excluding hydrogens is 483 g/mol. The van der Waals surface area contributed by atoms with Gasteiger partial charge in [0, 0.05) is 5.56 Å². The number of alkyl halides is 3. The quantitative estimate of drug-likeness (QED) is 0.306. The van der Waals surface area contributed by atoms with Crippen molar-refractivity contribution in [3.63, 3.8) is 0 Å². The number of carbonyl (C=O) groups excluding carboxylic acids is 2. The van der Waals surface area contributed by atoms with Crippen LogP contribution in [0.15, 0.2) is 18.2 Å². The van der Waals surface area contributed by atoms with Crippen LogP contribution in [0.4, 0.5) is 18.0 Å². The van der Waals surface area contributed by atoms with Crippen LogP contribution in [0.3, 0.4) is 0 Å². The maximum atomic E-state index is 13.6. The van der Waals surface area contributed by atoms with Gasteiger partial charge >= 0.3 is 12.3 Å². The lowest BCUT2D eigenvalue weighted by Gasteiger charge is -2.36. The van der Waals surface area contributed by atoms with Gasteiger partial charge in [0.1, 0.15) is 17.0 Å². The molecule has 1 saturated heterocycles. The zero-order valence-electron chi connectivity index (χ0n) is 21.0. The van der Waals surface area contributed by atoms with Crippen molar-refractivity contribution in [2.75, 3.05) is 13.2 Å². The SMILES string of the molecule is CCCCCCCCOc1ccc(C(=O)NNC(=O)[C@]2(C)COC(C)(C)N2C(=O)O)cc1C(F)(F)F. The number of unbranched alkanes of at least 4 members (excludes halogenated alkanes) is 5. The molecule has 12 heteroatoms. The molecule has 36 heavy (non-hydrogen) atoms. The van der Waals surface area contributed by atoms with E-state index < -0.39 is 40.9 Å². The van der Waals surface area contributed by atoms with E-state index in [9.17, 15) is 32.7 Å². The van der Waals surface area contributed by atoms with E-state index in [1.165, 1.54) is 20.8 Å². The highest BCUT2D eigenvalue weighted by Crippen LogP contribution is 2.37. The number of nitrogens with one attached hydrogen (secondary N) is 2. The fourth-order valence-corrected chi connectivity index (χ4v) is 4.05. The molecule has 0 spiro atoms. The van der Waals surface area contributed by atoms with Crippen LogP contribution < -0.4 is 15.6 Å². The highest BCUT2D eigenvalue weighted by molar-refractivity contribution is 5.97. The van der Waals surface area contributed by atoms with Gasteiger partial charge < -0.3 is 14.6 Å². The number of halogens is 3. The number of carbonyl (C=O) groups is 3. The lowest BCUT2D eigenvalue weighted by Crippen LogP contribution is -2.63. The van der Waals surface area contributed by atoms with Crippen molar-refractivity contribution in [2.45, 2.75) is 83.7 Å². The molecule has 1 aliphatic rings. The summed E-state index contributed by atoms with van der Waals surface area (Å²) in [7, 11) is 0. The molecule has 1 aromatic rings. The fourth-order valence-electron chi connectivity index (χ4n) is 4.05. The summed E-state index contributed by atoms with van der Waals surface area (Å²) in [5.74, 6) is -2.30. The normalized spacial score (nSPS) is 19.1. The van der Waals surface area contributed by atoms with Crippen molar-refractivity contribution in [3.05, 3.63) is 29.3 Å². The predicted molar refractivity (Wildman–Crippen MR) is 124 cm³/mol. The number of benzene rings is 1. The molecule has 2 rings (SSSR count). The van der Waals surface area contributed by atoms with Gasteiger partial charge in [0.25, 0.3) is 11.8 Å². The maximum absolute atomic E-state index is 13.6. The van der Waals surface area contributed by atoms with Crippen LogP contribution in [0.1, 0.15) is 82.1 Å². The number of hydrogen-bond donors (Lipinski definition) is 3. The van der Waals surface area contributed by atoms with Crippen LogP contribution in [0, 0.1) is 0 Å². The molecule has 0 bridgehead atoms. The highest BCUT2D eigenvalue weighted by atomic mass is 19.4. The van der Waals surface area contributed by atoms with E-state index in [-0.39, 0.29) is 24.5 Å². The Labute approximate surface area is 208 Å². The van der Waals surface area contributed by atoms with Gasteiger partial charge in [-0.15, -0.1) is 0 Å². The molecule has 3 N–H and O–H groups in total. The predicted octanol–water partition coefficient (Wildman–Crippen LogP) is 4.71. The van der Waals surface area contributed by atoms with Crippen LogP contribution in [-0.2, 0) is 15.7 Å². The van der Waals surface area contributed by atoms with E-state index in [4.69, 9.17) is 9.47 Å². The van der Waals surface area contributed by atoms with Gasteiger partial charge in [0.2, 0.25) is 0 Å². The smallest absolute Gasteiger partial charge is 0.419 e. The van der Waals surface area contributed by atoms with E-state index in [2.05, 4.69) is 12.3 Å². The van der Waals surface area contributed by atoms with Crippen molar-refractivity contribution in [1.29, 1.82) is 0 Å². The Kier molecular flexibility index (Phi) is 9.58. The number of hydrogen-bond acceptors (Lipinski definition) is 5. The van der Waals surface area contributed by atoms with Crippen molar-refractivity contribution in [1.82, 2.24) is 15.8 Å². The zero-order chi connectivity index (χ0) is 27.1. The third-order valence-electron chi connectivity index (χ3n) is 6.01. The molecule has 0 aliphatic carbocycles. The molecule has 0 aromatic heterocycles. The number of hydrazine groups is 1. The first-order chi connectivity index (χ1) is 16.7. The summed E-state index contributed by atoms with van der Waals surface area (Å²) < 4.78 is 51.6. The van der Waals surface area contributed by atoms with E-state index in [0.29, 0.717) is 12.5 Å². The molecule has 9 nitrogen and oxygen atoms in total. The van der Waals surface area contributed by atoms with Crippen LogP contribution in [0.5, 0.6) is 5.75 Å². The van der Waals surface area contributed by atoms with Crippen LogP contribution in [0.25, 0.3) is 0 Å². The average molecular weight is 518 g/mol. The minimum absolute atomic E-state index is 0.119. The van der Waals surface area contributed by atoms with Crippen molar-refractivity contribution >= 4 is 17.9 Å². The Morgan fingerprint density at radius 1 is 1.08 bits per heavy atom. The molecule has 0 radical (unpaired) electrons. The summed E-state index contributed by atoms with van der Waals surface area (Å²) in [5.41, 5.74) is -0.315. The number of ether oxygens (including phenoxy) is 2. The zero-order valence-corrected chi connectivity index (χ0v) is 21.0. The molecule has 0 unspecified atom stereocenters. The second kappa shape index (κ2) is 11.8. The third-order valence-corrected chi connectivity index (χ3v) is 6.01. The van der Waals surface area contributed by atoms with E-state index in [1.807, 2.05) is 5.43 Å². The van der Waals surface area contributed by atoms with Crippen LogP contribution in [0.2, 0.25) is 0 Å². The molecule has 0 saturated carbocycles. The van der Waals surface area contributed by atoms with Gasteiger partial charge in [0.15, 0.2) is 0 Å². The second-order valence-electron chi connectivity index (χ2n) is 9.36. The summed E-state index contributed by atoms with van der Waals surface area (Å²) in [6, 6.07) is 2.86. The van der Waals surface area contributed by atoms with Crippen molar-refractivity contribution in [3.8, 4) is 5.75 Å². The first-order valence-corrected chi connectivity index (χ1v) is 11.9. The molecule has 1 heterocycles. The topological polar surface area (TPSA) is 117 Å². The Balaban J connectivity index is 2.04. The Hall–Kier alpha value is -3.02. The number of nitrogens with zero attached hydrogens (tertiary/aromatic N) is 1. The standard InChI is InChI=1S/C24H34F3N3O6/c1-5-6-7-8-9-10-13-35-18-12-11-16(14-17(18)24(25,26)27)19(31)28-29-20(32)23(4)15-36-22(2,3)30(23)21(33)34/h11-12,14H,5-10,13,15H2,1-4H3,(H,28,31)(H,29,32)(H,33,34)/t23-/m0/s1. The van der Waals surface area contributed by atoms with Gasteiger partial charge in [-0.2, -0.15) is 13.2 Å². The fraction of sp³-hybridized carbons (Fsp3) is 0.625. The first kappa shape index (κ1) is 29.2. The Bertz CT molecular complexity index is 954. The van der Waals surface area contributed by atoms with Crippen molar-refractivity contribution in [2.24, 2.45) is 0 Å². The van der Waals surface area contributed by atoms with Gasteiger partial charge in [-0.05, 0) is 45.4 Å². The monoisotopic (exact) mass is 517 g/mol. The minimum atomic E-state index is -4.77. The number of amides is 3. The lowest BCUT2D eigenvalue weighted by atomic mass is 10.0. The molecule has 1 atom stereocenters. The van der Waals surface area contributed by atoms with Gasteiger partial charge in [-0.25, -0.2) is 4.79 Å². The number of carboxylic acid groups (broad SMARTS) is 1. The molecule has 1 fully saturated rings. The maximum Gasteiger partial charge on any atom is 0.419 e. The third kappa shape index (κ3) is 7.02. The highest BCUT2D eigenvalue weighted by Gasteiger charge is 2.56. The molecule has 3 amide bonds. The summed E-state index contributed by atoms with van der Waals surface area (Å²) >= 11 is 0. The second-order valence-corrected chi connectivity index (χ2v) is 9.36. The largest absolute Gasteiger partial charge is 0.493 e. The molecular formula is C24H34F3N3O6.